The van der Waals surface area contributed by atoms with Gasteiger partial charge >= 0.3 is 0 Å². The molecule has 0 bridgehead atoms. The number of ketones is 2. The number of aliphatic hydroxyl groups is 3. The van der Waals surface area contributed by atoms with E-state index in [0.29, 0.717) is 29.8 Å². The van der Waals surface area contributed by atoms with E-state index in [-0.39, 0.29) is 35.1 Å². The summed E-state index contributed by atoms with van der Waals surface area (Å²) < 4.78 is 0. The minimum Gasteiger partial charge on any atom is -0.508 e. The van der Waals surface area contributed by atoms with Gasteiger partial charge in [-0.25, -0.2) is 0 Å². The number of amides is 1. The fourth-order valence-corrected chi connectivity index (χ4v) is 6.66. The quantitative estimate of drug-likeness (QED) is 0.299. The van der Waals surface area contributed by atoms with Gasteiger partial charge in [0.1, 0.15) is 17.4 Å². The van der Waals surface area contributed by atoms with Gasteiger partial charge in [-0.2, -0.15) is 11.8 Å². The number of primary amides is 1. The van der Waals surface area contributed by atoms with Crippen molar-refractivity contribution in [3.63, 3.8) is 0 Å². The van der Waals surface area contributed by atoms with Crippen LogP contribution in [-0.2, 0) is 28.3 Å². The van der Waals surface area contributed by atoms with Gasteiger partial charge in [0.15, 0.2) is 17.2 Å². The van der Waals surface area contributed by atoms with E-state index in [1.165, 1.54) is 11.8 Å². The molecule has 0 heterocycles. The Morgan fingerprint density at radius 3 is 2.49 bits per heavy atom. The molecular weight excluding hydrogens is 496 g/mol. The van der Waals surface area contributed by atoms with Crippen LogP contribution in [0.3, 0.4) is 0 Å². The van der Waals surface area contributed by atoms with Crippen molar-refractivity contribution in [2.24, 2.45) is 28.9 Å². The summed E-state index contributed by atoms with van der Waals surface area (Å²) in [5.41, 5.74) is 4.95. The van der Waals surface area contributed by atoms with Gasteiger partial charge in [-0.3, -0.25) is 14.4 Å². The fraction of sp³-hybridized carbons (Fsp3) is 0.593. The molecular formula is C27H36N2O7S. The van der Waals surface area contributed by atoms with Crippen LogP contribution in [0.5, 0.6) is 5.75 Å². The smallest absolute Gasteiger partial charge is 0.230 e. The number of phenols is 1. The molecule has 0 aliphatic heterocycles. The SMILES string of the molecule is CSCc1cc(CNCC(C)(C)C)c2c(c1O)C(=O)C1=C(O)C3(O)C(=O)C(C(N)=O)C(O)CC3CC1C2. The maximum absolute atomic E-state index is 13.9. The van der Waals surface area contributed by atoms with Crippen molar-refractivity contribution in [3.8, 4) is 5.75 Å². The number of Topliss-reactive ketones (excluding diaryl/α,β-unsaturated/α-hetero) is 2. The second-order valence-electron chi connectivity index (χ2n) is 11.7. The lowest BCUT2D eigenvalue weighted by atomic mass is 9.57. The van der Waals surface area contributed by atoms with Crippen molar-refractivity contribution < 1.29 is 34.8 Å². The van der Waals surface area contributed by atoms with Gasteiger partial charge in [0, 0.05) is 35.9 Å². The topological polar surface area (TPSA) is 170 Å². The molecule has 1 aromatic carbocycles. The Balaban J connectivity index is 1.83. The number of thioether (sulfide) groups is 1. The Bertz CT molecular complexity index is 1190. The molecule has 7 N–H and O–H groups in total. The van der Waals surface area contributed by atoms with Gasteiger partial charge in [0.25, 0.3) is 0 Å². The number of carbonyl (C=O) groups is 3. The molecule has 3 aliphatic carbocycles. The number of nitrogens with one attached hydrogen (secondary N) is 1. The molecule has 5 unspecified atom stereocenters. The zero-order valence-electron chi connectivity index (χ0n) is 21.6. The lowest BCUT2D eigenvalue weighted by Crippen LogP contribution is -2.63. The first-order valence-corrected chi connectivity index (χ1v) is 13.9. The second-order valence-corrected chi connectivity index (χ2v) is 12.6. The molecule has 0 aromatic heterocycles. The van der Waals surface area contributed by atoms with Crippen molar-refractivity contribution in [1.82, 2.24) is 5.32 Å². The molecule has 0 saturated heterocycles. The number of aliphatic hydroxyl groups excluding tert-OH is 2. The second kappa shape index (κ2) is 9.72. The lowest BCUT2D eigenvalue weighted by molar-refractivity contribution is -0.167. The average Bonchev–Trinajstić information content (AvgIpc) is 2.78. The van der Waals surface area contributed by atoms with Crippen molar-refractivity contribution in [2.75, 3.05) is 12.8 Å². The Labute approximate surface area is 220 Å². The summed E-state index contributed by atoms with van der Waals surface area (Å²) in [5, 5.41) is 47.6. The lowest BCUT2D eigenvalue weighted by Gasteiger charge is -2.48. The number of rotatable bonds is 6. The highest BCUT2D eigenvalue weighted by molar-refractivity contribution is 7.97. The van der Waals surface area contributed by atoms with Crippen molar-refractivity contribution in [2.45, 2.75) is 64.0 Å². The summed E-state index contributed by atoms with van der Waals surface area (Å²) in [4.78, 5) is 38.9. The Morgan fingerprint density at radius 2 is 1.89 bits per heavy atom. The predicted octanol–water partition coefficient (Wildman–Crippen LogP) is 1.74. The van der Waals surface area contributed by atoms with Gasteiger partial charge < -0.3 is 31.5 Å². The highest BCUT2D eigenvalue weighted by Crippen LogP contribution is 2.52. The van der Waals surface area contributed by atoms with Crippen LogP contribution in [0.15, 0.2) is 17.4 Å². The van der Waals surface area contributed by atoms with E-state index in [4.69, 9.17) is 5.73 Å². The fourth-order valence-electron chi connectivity index (χ4n) is 6.13. The summed E-state index contributed by atoms with van der Waals surface area (Å²) >= 11 is 1.49. The highest BCUT2D eigenvalue weighted by Gasteiger charge is 2.62. The summed E-state index contributed by atoms with van der Waals surface area (Å²) in [6.07, 6.45) is 0.847. The highest BCUT2D eigenvalue weighted by atomic mass is 32.2. The molecule has 1 fully saturated rings. The van der Waals surface area contributed by atoms with Gasteiger partial charge in [0.05, 0.1) is 11.7 Å². The van der Waals surface area contributed by atoms with Crippen LogP contribution in [0.2, 0.25) is 0 Å². The third kappa shape index (κ3) is 4.58. The predicted molar refractivity (Wildman–Crippen MR) is 139 cm³/mol. The molecule has 9 nitrogen and oxygen atoms in total. The van der Waals surface area contributed by atoms with E-state index in [9.17, 15) is 34.8 Å². The normalized spacial score (nSPS) is 29.6. The Kier molecular flexibility index (Phi) is 7.26. The van der Waals surface area contributed by atoms with E-state index in [0.717, 1.165) is 12.1 Å². The number of aromatic hydroxyl groups is 1. The Hall–Kier alpha value is -2.40. The number of benzene rings is 1. The monoisotopic (exact) mass is 532 g/mol. The molecule has 37 heavy (non-hydrogen) atoms. The molecule has 5 atom stereocenters. The summed E-state index contributed by atoms with van der Waals surface area (Å²) in [6.45, 7) is 7.55. The standard InChI is InChI=1S/C27H36N2O7S/c1-26(2,3)11-29-9-13-5-14(10-37-4)21(31)19-16(13)7-12-6-15-8-17(30)20(25(28)35)24(34)27(15,36)23(33)18(12)22(19)32/h5,12,15,17,20,29-31,33,36H,6-11H2,1-4H3,(H2,28,35). The maximum atomic E-state index is 13.9. The van der Waals surface area contributed by atoms with Crippen molar-refractivity contribution in [3.05, 3.63) is 39.7 Å². The average molecular weight is 533 g/mol. The molecule has 10 heteroatoms. The van der Waals surface area contributed by atoms with E-state index >= 15 is 0 Å². The molecule has 0 radical (unpaired) electrons. The van der Waals surface area contributed by atoms with E-state index in [1.807, 2.05) is 12.3 Å². The number of hydrogen-bond acceptors (Lipinski definition) is 9. The first kappa shape index (κ1) is 27.6. The largest absolute Gasteiger partial charge is 0.508 e. The molecule has 1 amide bonds. The number of hydrogen-bond donors (Lipinski definition) is 6. The summed E-state index contributed by atoms with van der Waals surface area (Å²) in [5.74, 6) is -6.43. The number of allylic oxidation sites excluding steroid dienone is 1. The molecule has 3 aliphatic rings. The van der Waals surface area contributed by atoms with Crippen LogP contribution in [0, 0.1) is 23.2 Å². The number of fused-ring (bicyclic) bond motifs is 3. The van der Waals surface area contributed by atoms with Gasteiger partial charge in [-0.05, 0) is 54.0 Å². The summed E-state index contributed by atoms with van der Waals surface area (Å²) in [7, 11) is 0. The molecule has 0 spiro atoms. The van der Waals surface area contributed by atoms with Crippen LogP contribution in [0.1, 0.15) is 60.7 Å². The molecule has 202 valence electrons. The molecule has 1 aromatic rings. The van der Waals surface area contributed by atoms with Crippen LogP contribution in [0.25, 0.3) is 0 Å². The Morgan fingerprint density at radius 1 is 1.22 bits per heavy atom. The van der Waals surface area contributed by atoms with Crippen LogP contribution >= 0.6 is 11.8 Å². The van der Waals surface area contributed by atoms with E-state index < -0.39 is 52.7 Å². The first-order valence-electron chi connectivity index (χ1n) is 12.5. The van der Waals surface area contributed by atoms with Crippen molar-refractivity contribution in [1.29, 1.82) is 0 Å². The van der Waals surface area contributed by atoms with Gasteiger partial charge in [-0.15, -0.1) is 0 Å². The third-order valence-electron chi connectivity index (χ3n) is 7.83. The van der Waals surface area contributed by atoms with Crippen LogP contribution < -0.4 is 11.1 Å². The van der Waals surface area contributed by atoms with E-state index in [2.05, 4.69) is 26.1 Å². The third-order valence-corrected chi connectivity index (χ3v) is 8.43. The zero-order valence-corrected chi connectivity index (χ0v) is 22.4. The zero-order chi connectivity index (χ0) is 27.4. The first-order chi connectivity index (χ1) is 17.2. The summed E-state index contributed by atoms with van der Waals surface area (Å²) in [6, 6.07) is 1.91. The minimum absolute atomic E-state index is 0.0432. The molecule has 4 rings (SSSR count). The van der Waals surface area contributed by atoms with Crippen molar-refractivity contribution >= 4 is 29.2 Å². The van der Waals surface area contributed by atoms with Crippen LogP contribution in [-0.4, -0.2) is 62.4 Å². The van der Waals surface area contributed by atoms with Gasteiger partial charge in [0.2, 0.25) is 5.91 Å². The number of phenolic OH excluding ortho intramolecular Hbond substituents is 1. The minimum atomic E-state index is -2.50. The maximum Gasteiger partial charge on any atom is 0.230 e. The van der Waals surface area contributed by atoms with Crippen LogP contribution in [0.4, 0.5) is 0 Å². The van der Waals surface area contributed by atoms with E-state index in [1.54, 1.807) is 0 Å². The van der Waals surface area contributed by atoms with Gasteiger partial charge in [-0.1, -0.05) is 20.8 Å². The molecule has 1 saturated carbocycles. The number of nitrogens with two attached hydrogens (primary N) is 1. The number of carbonyl (C=O) groups excluding carboxylic acids is 3.